The molecule has 32 heavy (non-hydrogen) atoms. The van der Waals surface area contributed by atoms with Crippen molar-refractivity contribution in [3.63, 3.8) is 0 Å². The predicted molar refractivity (Wildman–Crippen MR) is 117 cm³/mol. The number of benzene rings is 2. The van der Waals surface area contributed by atoms with Gasteiger partial charge in [0.1, 0.15) is 24.6 Å². The molecule has 0 unspecified atom stereocenters. The molecule has 8 heteroatoms. The van der Waals surface area contributed by atoms with Crippen molar-refractivity contribution >= 4 is 17.5 Å². The van der Waals surface area contributed by atoms with Gasteiger partial charge in [0.15, 0.2) is 0 Å². The first-order chi connectivity index (χ1) is 15.6. The molecule has 0 spiro atoms. The zero-order valence-corrected chi connectivity index (χ0v) is 18.0. The van der Waals surface area contributed by atoms with Gasteiger partial charge in [-0.3, -0.25) is 9.59 Å². The maximum Gasteiger partial charge on any atom is 0.250 e. The minimum atomic E-state index is -0.528. The summed E-state index contributed by atoms with van der Waals surface area (Å²) in [6.07, 6.45) is -0.414. The Balaban J connectivity index is 1.42. The topological polar surface area (TPSA) is 106 Å². The van der Waals surface area contributed by atoms with Crippen molar-refractivity contribution in [2.75, 3.05) is 25.6 Å². The lowest BCUT2D eigenvalue weighted by Crippen LogP contribution is -2.47. The first-order valence-corrected chi connectivity index (χ1v) is 10.7. The number of carbonyl (C=O) groups is 2. The number of aliphatic hydroxyl groups is 1. The van der Waals surface area contributed by atoms with E-state index in [0.29, 0.717) is 24.4 Å². The molecule has 0 bridgehead atoms. The number of anilines is 1. The number of nitrogens with one attached hydrogen (secondary N) is 2. The van der Waals surface area contributed by atoms with Crippen molar-refractivity contribution in [1.29, 1.82) is 0 Å². The molecule has 0 aromatic heterocycles. The molecule has 0 radical (unpaired) electrons. The second-order valence-corrected chi connectivity index (χ2v) is 8.10. The van der Waals surface area contributed by atoms with E-state index in [2.05, 4.69) is 10.6 Å². The largest absolute Gasteiger partial charge is 0.487 e. The SMILES string of the molecule is COCC(=O)Nc1ccc2c(c1)[C@H]1C[C@H](CC(=O)NCc3ccccc3)O[C@@H](CO)[C@H]1O2. The van der Waals surface area contributed by atoms with Crippen molar-refractivity contribution in [3.05, 3.63) is 59.7 Å². The Morgan fingerprint density at radius 2 is 1.97 bits per heavy atom. The van der Waals surface area contributed by atoms with Crippen molar-refractivity contribution < 1.29 is 28.9 Å². The number of carbonyl (C=O) groups excluding carboxylic acids is 2. The van der Waals surface area contributed by atoms with Crippen LogP contribution in [0.4, 0.5) is 5.69 Å². The molecule has 0 saturated carbocycles. The van der Waals surface area contributed by atoms with Crippen LogP contribution in [0.2, 0.25) is 0 Å². The molecule has 2 heterocycles. The average molecular weight is 440 g/mol. The van der Waals surface area contributed by atoms with Gasteiger partial charge in [0, 0.05) is 30.8 Å². The Bertz CT molecular complexity index is 951. The monoisotopic (exact) mass is 440 g/mol. The van der Waals surface area contributed by atoms with Gasteiger partial charge in [0.2, 0.25) is 11.8 Å². The second kappa shape index (κ2) is 10.1. The molecule has 4 atom stereocenters. The van der Waals surface area contributed by atoms with Crippen LogP contribution >= 0.6 is 0 Å². The quantitative estimate of drug-likeness (QED) is 0.580. The van der Waals surface area contributed by atoms with Gasteiger partial charge in [-0.2, -0.15) is 0 Å². The number of rotatable bonds is 8. The normalized spacial score (nSPS) is 23.6. The summed E-state index contributed by atoms with van der Waals surface area (Å²) >= 11 is 0. The maximum absolute atomic E-state index is 12.5. The van der Waals surface area contributed by atoms with Gasteiger partial charge >= 0.3 is 0 Å². The highest BCUT2D eigenvalue weighted by Crippen LogP contribution is 2.47. The molecule has 2 aliphatic heterocycles. The van der Waals surface area contributed by atoms with Crippen LogP contribution in [0.25, 0.3) is 0 Å². The lowest BCUT2D eigenvalue weighted by Gasteiger charge is -2.37. The summed E-state index contributed by atoms with van der Waals surface area (Å²) in [5, 5.41) is 15.6. The van der Waals surface area contributed by atoms with Crippen molar-refractivity contribution in [2.24, 2.45) is 0 Å². The molecule has 1 saturated heterocycles. The van der Waals surface area contributed by atoms with E-state index in [-0.39, 0.29) is 49.6 Å². The van der Waals surface area contributed by atoms with Gasteiger partial charge in [-0.1, -0.05) is 30.3 Å². The van der Waals surface area contributed by atoms with Gasteiger partial charge in [0.05, 0.1) is 19.1 Å². The zero-order chi connectivity index (χ0) is 22.5. The number of hydrogen-bond donors (Lipinski definition) is 3. The van der Waals surface area contributed by atoms with E-state index in [1.165, 1.54) is 7.11 Å². The van der Waals surface area contributed by atoms with Crippen LogP contribution in [0.5, 0.6) is 5.75 Å². The van der Waals surface area contributed by atoms with Crippen LogP contribution in [0.15, 0.2) is 48.5 Å². The first-order valence-electron chi connectivity index (χ1n) is 10.7. The summed E-state index contributed by atoms with van der Waals surface area (Å²) in [7, 11) is 1.47. The number of amides is 2. The summed E-state index contributed by atoms with van der Waals surface area (Å²) in [5.41, 5.74) is 2.63. The van der Waals surface area contributed by atoms with Crippen LogP contribution in [0.3, 0.4) is 0 Å². The fraction of sp³-hybridized carbons (Fsp3) is 0.417. The summed E-state index contributed by atoms with van der Waals surface area (Å²) in [6.45, 7) is 0.229. The third kappa shape index (κ3) is 5.09. The van der Waals surface area contributed by atoms with Crippen molar-refractivity contribution in [3.8, 4) is 5.75 Å². The zero-order valence-electron chi connectivity index (χ0n) is 18.0. The van der Waals surface area contributed by atoms with E-state index < -0.39 is 6.10 Å². The third-order valence-corrected chi connectivity index (χ3v) is 5.80. The summed E-state index contributed by atoms with van der Waals surface area (Å²) in [5.74, 6) is 0.327. The predicted octanol–water partition coefficient (Wildman–Crippen LogP) is 1.97. The van der Waals surface area contributed by atoms with Gasteiger partial charge in [0.25, 0.3) is 0 Å². The number of hydrogen-bond acceptors (Lipinski definition) is 6. The Kier molecular flexibility index (Phi) is 7.04. The molecule has 0 aliphatic carbocycles. The Morgan fingerprint density at radius 1 is 1.16 bits per heavy atom. The minimum absolute atomic E-state index is 0.0275. The molecule has 3 N–H and O–H groups in total. The fourth-order valence-corrected chi connectivity index (χ4v) is 4.37. The van der Waals surface area contributed by atoms with Crippen LogP contribution in [-0.2, 0) is 25.6 Å². The summed E-state index contributed by atoms with van der Waals surface area (Å²) < 4.78 is 16.9. The molecular weight excluding hydrogens is 412 g/mol. The molecular formula is C24H28N2O6. The van der Waals surface area contributed by atoms with Gasteiger partial charge < -0.3 is 30.0 Å². The number of methoxy groups -OCH3 is 1. The highest BCUT2D eigenvalue weighted by Gasteiger charge is 2.46. The van der Waals surface area contributed by atoms with Crippen LogP contribution in [0.1, 0.15) is 29.9 Å². The van der Waals surface area contributed by atoms with Crippen LogP contribution < -0.4 is 15.4 Å². The number of fused-ring (bicyclic) bond motifs is 3. The van der Waals surface area contributed by atoms with Gasteiger partial charge in [-0.15, -0.1) is 0 Å². The highest BCUT2D eigenvalue weighted by atomic mass is 16.6. The lowest BCUT2D eigenvalue weighted by atomic mass is 9.84. The molecule has 170 valence electrons. The van der Waals surface area contributed by atoms with Gasteiger partial charge in [-0.05, 0) is 30.2 Å². The van der Waals surface area contributed by atoms with Crippen LogP contribution in [0, 0.1) is 0 Å². The molecule has 1 fully saturated rings. The Morgan fingerprint density at radius 3 is 2.72 bits per heavy atom. The smallest absolute Gasteiger partial charge is 0.250 e. The third-order valence-electron chi connectivity index (χ3n) is 5.80. The molecule has 2 aromatic carbocycles. The van der Waals surface area contributed by atoms with Gasteiger partial charge in [-0.25, -0.2) is 0 Å². The fourth-order valence-electron chi connectivity index (χ4n) is 4.37. The first kappa shape index (κ1) is 22.3. The van der Waals surface area contributed by atoms with Crippen LogP contribution in [-0.4, -0.2) is 55.6 Å². The Hall–Kier alpha value is -2.94. The lowest BCUT2D eigenvalue weighted by molar-refractivity contribution is -0.142. The van der Waals surface area contributed by atoms with E-state index >= 15 is 0 Å². The van der Waals surface area contributed by atoms with E-state index in [1.54, 1.807) is 6.07 Å². The second-order valence-electron chi connectivity index (χ2n) is 8.10. The van der Waals surface area contributed by atoms with Crippen molar-refractivity contribution in [1.82, 2.24) is 5.32 Å². The van der Waals surface area contributed by atoms with E-state index in [9.17, 15) is 14.7 Å². The molecule has 2 aromatic rings. The molecule has 8 nitrogen and oxygen atoms in total. The molecule has 4 rings (SSSR count). The number of ether oxygens (including phenoxy) is 3. The Labute approximate surface area is 186 Å². The maximum atomic E-state index is 12.5. The summed E-state index contributed by atoms with van der Waals surface area (Å²) in [6, 6.07) is 15.2. The van der Waals surface area contributed by atoms with E-state index in [0.717, 1.165) is 11.1 Å². The summed E-state index contributed by atoms with van der Waals surface area (Å²) in [4.78, 5) is 24.4. The molecule has 2 aliphatic rings. The molecule has 2 amide bonds. The standard InChI is InChI=1S/C24H28N2O6/c1-30-14-23(29)26-16-7-8-20-18(9-16)19-10-17(31-21(13-27)24(19)32-20)11-22(28)25-12-15-5-3-2-4-6-15/h2-9,17,19,21,24,27H,10-14H2,1H3,(H,25,28)(H,26,29)/t17-,19-,21+,24+/m1/s1. The van der Waals surface area contributed by atoms with Crippen molar-refractivity contribution in [2.45, 2.75) is 43.6 Å². The van der Waals surface area contributed by atoms with E-state index in [4.69, 9.17) is 14.2 Å². The minimum Gasteiger partial charge on any atom is -0.487 e. The van der Waals surface area contributed by atoms with E-state index in [1.807, 2.05) is 42.5 Å². The number of aliphatic hydroxyl groups excluding tert-OH is 1. The average Bonchev–Trinajstić information content (AvgIpc) is 3.16. The highest BCUT2D eigenvalue weighted by molar-refractivity contribution is 5.92.